The molecule has 118 valence electrons. The number of fused-ring (bicyclic) bond motifs is 1. The lowest BCUT2D eigenvalue weighted by Crippen LogP contribution is -2.39. The normalized spacial score (nSPS) is 14.5. The predicted octanol–water partition coefficient (Wildman–Crippen LogP) is 2.23. The van der Waals surface area contributed by atoms with E-state index in [4.69, 9.17) is 4.74 Å². The van der Waals surface area contributed by atoms with Gasteiger partial charge in [0.1, 0.15) is 16.6 Å². The van der Waals surface area contributed by atoms with Gasteiger partial charge in [-0.1, -0.05) is 12.1 Å². The molecule has 0 fully saturated rings. The molecule has 7 heteroatoms. The number of ether oxygens (including phenoxy) is 1. The first-order valence-electron chi connectivity index (χ1n) is 7.09. The van der Waals surface area contributed by atoms with Gasteiger partial charge in [0.2, 0.25) is 10.0 Å². The van der Waals surface area contributed by atoms with Crippen LogP contribution in [0.4, 0.5) is 5.69 Å². The van der Waals surface area contributed by atoms with Crippen molar-refractivity contribution in [2.24, 2.45) is 0 Å². The number of rotatable bonds is 5. The van der Waals surface area contributed by atoms with Crippen molar-refractivity contribution in [1.29, 1.82) is 0 Å². The fourth-order valence-electron chi connectivity index (χ4n) is 2.40. The first-order valence-corrected chi connectivity index (χ1v) is 9.39. The lowest BCUT2D eigenvalue weighted by atomic mass is 10.2. The summed E-state index contributed by atoms with van der Waals surface area (Å²) in [5.41, 5.74) is 1.01. The number of sulfonamides is 1. The highest BCUT2D eigenvalue weighted by Gasteiger charge is 2.19. The second kappa shape index (κ2) is 6.28. The lowest BCUT2D eigenvalue weighted by molar-refractivity contribution is 0.308. The summed E-state index contributed by atoms with van der Waals surface area (Å²) >= 11 is 1.29. The Hall–Kier alpha value is -1.57. The number of para-hydroxylation sites is 2. The molecule has 0 unspecified atom stereocenters. The number of hydrogen-bond donors (Lipinski definition) is 1. The number of hydrogen-bond acceptors (Lipinski definition) is 5. The van der Waals surface area contributed by atoms with E-state index in [1.807, 2.05) is 37.3 Å². The molecule has 1 aliphatic heterocycles. The van der Waals surface area contributed by atoms with E-state index >= 15 is 0 Å². The van der Waals surface area contributed by atoms with Gasteiger partial charge in [0, 0.05) is 18.0 Å². The van der Waals surface area contributed by atoms with Crippen LogP contribution in [0.15, 0.2) is 40.6 Å². The summed E-state index contributed by atoms with van der Waals surface area (Å²) in [6.07, 6.45) is 0. The van der Waals surface area contributed by atoms with Crippen LogP contribution in [0.2, 0.25) is 0 Å². The standard InChI is InChI=1S/C15H18N2O3S2/c1-12-6-7-15(21-12)22(18,19)16-8-9-17-10-11-20-14-5-3-2-4-13(14)17/h2-7,16H,8-11H2,1H3. The van der Waals surface area contributed by atoms with Gasteiger partial charge in [0.15, 0.2) is 0 Å². The fraction of sp³-hybridized carbons (Fsp3) is 0.333. The van der Waals surface area contributed by atoms with Crippen molar-refractivity contribution >= 4 is 27.0 Å². The Morgan fingerprint density at radius 1 is 1.27 bits per heavy atom. The SMILES string of the molecule is Cc1ccc(S(=O)(=O)NCCN2CCOc3ccccc32)s1. The zero-order valence-electron chi connectivity index (χ0n) is 12.3. The molecule has 0 atom stereocenters. The van der Waals surface area contributed by atoms with Gasteiger partial charge in [-0.15, -0.1) is 11.3 Å². The van der Waals surface area contributed by atoms with Crippen molar-refractivity contribution in [3.05, 3.63) is 41.3 Å². The van der Waals surface area contributed by atoms with Crippen molar-refractivity contribution in [2.45, 2.75) is 11.1 Å². The molecule has 0 saturated carbocycles. The summed E-state index contributed by atoms with van der Waals surface area (Å²) in [5.74, 6) is 0.852. The van der Waals surface area contributed by atoms with Crippen molar-refractivity contribution in [1.82, 2.24) is 4.72 Å². The molecule has 1 N–H and O–H groups in total. The van der Waals surface area contributed by atoms with E-state index in [2.05, 4.69) is 9.62 Å². The Kier molecular flexibility index (Phi) is 4.37. The first kappa shape index (κ1) is 15.3. The Balaban J connectivity index is 1.62. The lowest BCUT2D eigenvalue weighted by Gasteiger charge is -2.31. The van der Waals surface area contributed by atoms with Gasteiger partial charge in [0.05, 0.1) is 12.2 Å². The summed E-state index contributed by atoms with van der Waals surface area (Å²) in [4.78, 5) is 3.13. The predicted molar refractivity (Wildman–Crippen MR) is 88.4 cm³/mol. The van der Waals surface area contributed by atoms with Crippen LogP contribution in [0.1, 0.15) is 4.88 Å². The number of nitrogens with one attached hydrogen (secondary N) is 1. The Morgan fingerprint density at radius 3 is 2.86 bits per heavy atom. The molecule has 5 nitrogen and oxygen atoms in total. The monoisotopic (exact) mass is 338 g/mol. The van der Waals surface area contributed by atoms with E-state index in [9.17, 15) is 8.42 Å². The van der Waals surface area contributed by atoms with E-state index in [-0.39, 0.29) is 0 Å². The average molecular weight is 338 g/mol. The largest absolute Gasteiger partial charge is 0.490 e. The molecule has 0 aliphatic carbocycles. The van der Waals surface area contributed by atoms with Crippen LogP contribution in [-0.2, 0) is 10.0 Å². The molecule has 1 aromatic heterocycles. The zero-order chi connectivity index (χ0) is 15.6. The topological polar surface area (TPSA) is 58.6 Å². The van der Waals surface area contributed by atoms with E-state index in [0.29, 0.717) is 23.9 Å². The van der Waals surface area contributed by atoms with Crippen LogP contribution >= 0.6 is 11.3 Å². The fourth-order valence-corrected chi connectivity index (χ4v) is 4.75. The van der Waals surface area contributed by atoms with Gasteiger partial charge >= 0.3 is 0 Å². The molecule has 0 amide bonds. The number of thiophene rings is 1. The van der Waals surface area contributed by atoms with Gasteiger partial charge in [0.25, 0.3) is 0 Å². The molecule has 0 bridgehead atoms. The summed E-state index contributed by atoms with van der Waals surface area (Å²) in [6, 6.07) is 11.3. The molecule has 1 aromatic carbocycles. The zero-order valence-corrected chi connectivity index (χ0v) is 13.9. The minimum atomic E-state index is -3.41. The van der Waals surface area contributed by atoms with Crippen molar-refractivity contribution in [3.63, 3.8) is 0 Å². The molecule has 2 aromatic rings. The highest BCUT2D eigenvalue weighted by molar-refractivity contribution is 7.91. The number of aryl methyl sites for hydroxylation is 1. The molecule has 0 radical (unpaired) electrons. The van der Waals surface area contributed by atoms with E-state index in [0.717, 1.165) is 22.9 Å². The van der Waals surface area contributed by atoms with E-state index in [1.165, 1.54) is 11.3 Å². The number of nitrogens with zero attached hydrogens (tertiary/aromatic N) is 1. The summed E-state index contributed by atoms with van der Waals surface area (Å²) in [6.45, 7) is 4.26. The third-order valence-electron chi connectivity index (χ3n) is 3.48. The van der Waals surface area contributed by atoms with Gasteiger partial charge in [-0.25, -0.2) is 13.1 Å². The Morgan fingerprint density at radius 2 is 2.09 bits per heavy atom. The molecule has 3 rings (SSSR count). The smallest absolute Gasteiger partial charge is 0.250 e. The summed E-state index contributed by atoms with van der Waals surface area (Å²) < 4.78 is 33.0. The van der Waals surface area contributed by atoms with Crippen LogP contribution in [0.25, 0.3) is 0 Å². The molecule has 0 spiro atoms. The van der Waals surface area contributed by atoms with Crippen molar-refractivity contribution in [2.75, 3.05) is 31.1 Å². The molecule has 2 heterocycles. The maximum absolute atomic E-state index is 12.2. The third-order valence-corrected chi connectivity index (χ3v) is 6.43. The minimum absolute atomic E-state index is 0.368. The van der Waals surface area contributed by atoms with Crippen LogP contribution in [0, 0.1) is 6.92 Å². The highest BCUT2D eigenvalue weighted by Crippen LogP contribution is 2.30. The highest BCUT2D eigenvalue weighted by atomic mass is 32.2. The molecular formula is C15H18N2O3S2. The third kappa shape index (κ3) is 3.26. The van der Waals surface area contributed by atoms with Crippen LogP contribution < -0.4 is 14.4 Å². The maximum Gasteiger partial charge on any atom is 0.250 e. The minimum Gasteiger partial charge on any atom is -0.490 e. The molecule has 22 heavy (non-hydrogen) atoms. The van der Waals surface area contributed by atoms with E-state index < -0.39 is 10.0 Å². The summed E-state index contributed by atoms with van der Waals surface area (Å²) in [5, 5.41) is 0. The number of anilines is 1. The second-order valence-electron chi connectivity index (χ2n) is 5.07. The second-order valence-corrected chi connectivity index (χ2v) is 8.35. The van der Waals surface area contributed by atoms with Gasteiger partial charge < -0.3 is 9.64 Å². The number of benzene rings is 1. The quantitative estimate of drug-likeness (QED) is 0.908. The average Bonchev–Trinajstić information content (AvgIpc) is 2.95. The van der Waals surface area contributed by atoms with Crippen LogP contribution in [0.5, 0.6) is 5.75 Å². The van der Waals surface area contributed by atoms with Gasteiger partial charge in [-0.05, 0) is 31.2 Å². The first-order chi connectivity index (χ1) is 10.6. The van der Waals surface area contributed by atoms with Crippen molar-refractivity contribution < 1.29 is 13.2 Å². The molecule has 1 aliphatic rings. The van der Waals surface area contributed by atoms with Crippen LogP contribution in [-0.4, -0.2) is 34.7 Å². The molecular weight excluding hydrogens is 320 g/mol. The van der Waals surface area contributed by atoms with Gasteiger partial charge in [-0.2, -0.15) is 0 Å². The summed E-state index contributed by atoms with van der Waals surface area (Å²) in [7, 11) is -3.41. The maximum atomic E-state index is 12.2. The Labute approximate surface area is 134 Å². The Bertz CT molecular complexity index is 756. The molecule has 0 saturated heterocycles. The van der Waals surface area contributed by atoms with Crippen molar-refractivity contribution in [3.8, 4) is 5.75 Å². The van der Waals surface area contributed by atoms with Gasteiger partial charge in [-0.3, -0.25) is 0 Å². The van der Waals surface area contributed by atoms with Crippen LogP contribution in [0.3, 0.4) is 0 Å². The van der Waals surface area contributed by atoms with E-state index in [1.54, 1.807) is 6.07 Å².